The first-order chi connectivity index (χ1) is 8.86. The molecule has 103 valence electrons. The smallest absolute Gasteiger partial charge is 0.358 e. The maximum absolute atomic E-state index is 3.70. The number of hydrogen-bond acceptors (Lipinski definition) is 1. The Morgan fingerprint density at radius 3 is 1.90 bits per heavy atom. The van der Waals surface area contributed by atoms with Crippen LogP contribution in [0.1, 0.15) is 5.56 Å². The first-order valence-corrected chi connectivity index (χ1v) is 6.47. The van der Waals surface area contributed by atoms with Crippen LogP contribution in [0.4, 0.5) is 0 Å². The van der Waals surface area contributed by atoms with E-state index in [0.29, 0.717) is 0 Å². The molecule has 0 amide bonds. The van der Waals surface area contributed by atoms with Gasteiger partial charge in [0.05, 0.1) is 0 Å². The van der Waals surface area contributed by atoms with Crippen LogP contribution in [0, 0.1) is 56.9 Å². The third kappa shape index (κ3) is 9.02. The monoisotopic (exact) mass is 591 g/mol. The molecule has 3 aromatic rings. The van der Waals surface area contributed by atoms with Gasteiger partial charge in [-0.25, -0.2) is 0 Å². The van der Waals surface area contributed by atoms with Crippen molar-refractivity contribution < 1.29 is 63.8 Å². The number of thiophene rings is 1. The molecule has 2 aromatic carbocycles. The molecule has 0 fully saturated rings. The summed E-state index contributed by atoms with van der Waals surface area (Å²) >= 11 is 1.65. The molecule has 0 atom stereocenters. The zero-order valence-electron chi connectivity index (χ0n) is 12.0. The second-order valence-corrected chi connectivity index (χ2v) is 4.57. The third-order valence-electron chi connectivity index (χ3n) is 2.32. The SMILES string of the molecule is [CH2-]c1cc[c-]cc1.[CH3-].[U+2].[Y].[c-]1ccc(-c2ccccc2)s1. The van der Waals surface area contributed by atoms with Crippen molar-refractivity contribution in [1.29, 1.82) is 0 Å². The minimum Gasteiger partial charge on any atom is -0.358 e. The van der Waals surface area contributed by atoms with Crippen molar-refractivity contribution in [3.63, 3.8) is 0 Å². The summed E-state index contributed by atoms with van der Waals surface area (Å²) in [6, 6.07) is 24.8. The van der Waals surface area contributed by atoms with E-state index in [2.05, 4.69) is 48.7 Å². The second-order valence-electron chi connectivity index (χ2n) is 3.69. The van der Waals surface area contributed by atoms with Gasteiger partial charge >= 0.3 is 31.1 Å². The van der Waals surface area contributed by atoms with Gasteiger partial charge in [0.1, 0.15) is 0 Å². The van der Waals surface area contributed by atoms with Gasteiger partial charge in [-0.1, -0.05) is 35.9 Å². The molecule has 0 nitrogen and oxygen atoms in total. The standard InChI is InChI=1S/C10H7S.C7H6.CH3.U.Y/c1-2-5-9(6-3-1)10-7-4-8-11-10;1-7-5-3-2-4-6-7;;;/h1-7H;3-6H,1H2;1H3;;/q-1;-2;-1;+2;. The Morgan fingerprint density at radius 1 is 0.857 bits per heavy atom. The van der Waals surface area contributed by atoms with Gasteiger partial charge in [0, 0.05) is 32.7 Å². The van der Waals surface area contributed by atoms with Crippen LogP contribution in [0.5, 0.6) is 0 Å². The van der Waals surface area contributed by atoms with Crippen LogP contribution in [0.2, 0.25) is 0 Å². The minimum absolute atomic E-state index is 0. The Kier molecular flexibility index (Phi) is 15.4. The van der Waals surface area contributed by atoms with Crippen molar-refractivity contribution in [2.24, 2.45) is 0 Å². The van der Waals surface area contributed by atoms with Gasteiger partial charge in [0.25, 0.3) is 0 Å². The van der Waals surface area contributed by atoms with Crippen molar-refractivity contribution in [1.82, 2.24) is 0 Å². The minimum atomic E-state index is 0. The zero-order valence-corrected chi connectivity index (χ0v) is 19.9. The largest absolute Gasteiger partial charge is 2.00 e. The molecule has 1 radical (unpaired) electrons. The van der Waals surface area contributed by atoms with Crippen molar-refractivity contribution in [2.45, 2.75) is 0 Å². The molecule has 0 bridgehead atoms. The van der Waals surface area contributed by atoms with Crippen molar-refractivity contribution in [3.8, 4) is 10.4 Å². The van der Waals surface area contributed by atoms with Gasteiger partial charge < -0.3 is 7.43 Å². The Morgan fingerprint density at radius 2 is 1.48 bits per heavy atom. The van der Waals surface area contributed by atoms with Gasteiger partial charge in [-0.05, 0) is 0 Å². The van der Waals surface area contributed by atoms with Crippen LogP contribution in [-0.4, -0.2) is 0 Å². The topological polar surface area (TPSA) is 0 Å². The van der Waals surface area contributed by atoms with Crippen LogP contribution in [0.15, 0.2) is 66.7 Å². The fourth-order valence-electron chi connectivity index (χ4n) is 1.42. The molecule has 1 heterocycles. The van der Waals surface area contributed by atoms with E-state index in [0.717, 1.165) is 5.56 Å². The number of benzene rings is 2. The quantitative estimate of drug-likeness (QED) is 0.336. The van der Waals surface area contributed by atoms with Crippen molar-refractivity contribution >= 4 is 11.3 Å². The fraction of sp³-hybridized carbons (Fsp3) is 0. The van der Waals surface area contributed by atoms with Crippen molar-refractivity contribution in [3.05, 3.63) is 98.1 Å². The molecular weight excluding hydrogens is 575 g/mol. The molecule has 0 spiro atoms. The van der Waals surface area contributed by atoms with Crippen LogP contribution in [0.25, 0.3) is 10.4 Å². The van der Waals surface area contributed by atoms with E-state index in [1.807, 2.05) is 36.4 Å². The summed E-state index contributed by atoms with van der Waals surface area (Å²) in [5, 5.41) is 3.07. The molecule has 1 aromatic heterocycles. The van der Waals surface area contributed by atoms with Gasteiger partial charge in [-0.2, -0.15) is 55.0 Å². The normalized spacial score (nSPS) is 8.00. The molecule has 0 aliphatic heterocycles. The Hall–Kier alpha value is 0.166. The predicted octanol–water partition coefficient (Wildman–Crippen LogP) is 5.33. The second kappa shape index (κ2) is 13.8. The van der Waals surface area contributed by atoms with Crippen molar-refractivity contribution in [2.75, 3.05) is 0 Å². The molecular formula is C18H16SUY-2. The molecule has 0 unspecified atom stereocenters. The summed E-state index contributed by atoms with van der Waals surface area (Å²) in [7, 11) is 0. The molecule has 0 aliphatic rings. The van der Waals surface area contributed by atoms with Gasteiger partial charge in [0.2, 0.25) is 0 Å². The molecule has 0 aliphatic carbocycles. The average Bonchev–Trinajstić information content (AvgIpc) is 2.95. The third-order valence-corrected chi connectivity index (χ3v) is 3.16. The summed E-state index contributed by atoms with van der Waals surface area (Å²) in [4.78, 5) is 1.28. The Labute approximate surface area is 181 Å². The summed E-state index contributed by atoms with van der Waals surface area (Å²) in [5.41, 5.74) is 2.32. The van der Waals surface area contributed by atoms with Crippen LogP contribution in [-0.2, 0) is 32.7 Å². The maximum Gasteiger partial charge on any atom is 2.00 e. The van der Waals surface area contributed by atoms with E-state index >= 15 is 0 Å². The molecule has 0 saturated carbocycles. The number of hydrogen-bond donors (Lipinski definition) is 0. The predicted molar refractivity (Wildman–Crippen MR) is 84.7 cm³/mol. The van der Waals surface area contributed by atoms with E-state index in [-0.39, 0.29) is 71.2 Å². The first-order valence-electron chi connectivity index (χ1n) is 5.65. The average molecular weight is 591 g/mol. The van der Waals surface area contributed by atoms with E-state index in [9.17, 15) is 0 Å². The van der Waals surface area contributed by atoms with Gasteiger partial charge in [0.15, 0.2) is 0 Å². The molecule has 3 heteroatoms. The van der Waals surface area contributed by atoms with E-state index in [1.165, 1.54) is 10.4 Å². The fourth-order valence-corrected chi connectivity index (χ4v) is 2.07. The summed E-state index contributed by atoms with van der Waals surface area (Å²) in [6.07, 6.45) is 0. The molecule has 0 N–H and O–H groups in total. The molecule has 0 saturated heterocycles. The summed E-state index contributed by atoms with van der Waals surface area (Å²) in [6.45, 7) is 3.70. The Balaban J connectivity index is 0. The first kappa shape index (κ1) is 23.4. The van der Waals surface area contributed by atoms with Gasteiger partial charge in [-0.15, -0.1) is 10.3 Å². The van der Waals surface area contributed by atoms with E-state index < -0.39 is 0 Å². The Bertz CT molecular complexity index is 550. The van der Waals surface area contributed by atoms with Crippen LogP contribution >= 0.6 is 11.3 Å². The maximum atomic E-state index is 3.70. The number of rotatable bonds is 1. The molecule has 21 heavy (non-hydrogen) atoms. The summed E-state index contributed by atoms with van der Waals surface area (Å²) in [5.74, 6) is 0. The summed E-state index contributed by atoms with van der Waals surface area (Å²) < 4.78 is 0. The zero-order chi connectivity index (χ0) is 12.6. The van der Waals surface area contributed by atoms with E-state index in [4.69, 9.17) is 0 Å². The van der Waals surface area contributed by atoms with Crippen LogP contribution < -0.4 is 0 Å². The van der Waals surface area contributed by atoms with Gasteiger partial charge in [-0.3, -0.25) is 11.3 Å². The van der Waals surface area contributed by atoms with Crippen LogP contribution in [0.3, 0.4) is 0 Å². The molecule has 3 rings (SSSR count). The van der Waals surface area contributed by atoms with E-state index in [1.54, 1.807) is 11.3 Å².